The quantitative estimate of drug-likeness (QED) is 0.285. The summed E-state index contributed by atoms with van der Waals surface area (Å²) in [5.41, 5.74) is 3.16. The van der Waals surface area contributed by atoms with Gasteiger partial charge in [-0.2, -0.15) is 0 Å². The number of carbonyl (C=O) groups excluding carboxylic acids is 3. The molecule has 0 unspecified atom stereocenters. The van der Waals surface area contributed by atoms with Crippen LogP contribution in [0.1, 0.15) is 60.5 Å². The standard InChI is InChI=1S/C31H39N3O8/c1-5-34(30(8-9-30)16-6-7-16)13-15-12-19(35)21-17(26(15)42-4)10-14-11-18-23(33(2)3)25(37)22(29(32)40)28(39)31(18,41)27(38)20(14)24(21)36/h12,14,16,18,23,35,37-38,41H,5-11,13H2,1-4H3,(H2,32,40)/t14-,18-,23-,31-/m0/s1. The Bertz CT molecular complexity index is 1470. The Kier molecular flexibility index (Phi) is 6.53. The molecule has 0 saturated heterocycles. The number of amides is 1. The number of aliphatic hydroxyl groups is 3. The molecule has 1 aromatic carbocycles. The van der Waals surface area contributed by atoms with E-state index in [1.165, 1.54) is 24.9 Å². The maximum atomic E-state index is 14.0. The van der Waals surface area contributed by atoms with Crippen LogP contribution < -0.4 is 10.5 Å². The van der Waals surface area contributed by atoms with Crippen molar-refractivity contribution >= 4 is 17.5 Å². The monoisotopic (exact) mass is 581 g/mol. The minimum absolute atomic E-state index is 0.0335. The summed E-state index contributed by atoms with van der Waals surface area (Å²) in [7, 11) is 4.74. The van der Waals surface area contributed by atoms with Crippen LogP contribution in [-0.2, 0) is 22.6 Å². The molecule has 2 saturated carbocycles. The fourth-order valence-corrected chi connectivity index (χ4v) is 8.26. The molecule has 11 nitrogen and oxygen atoms in total. The Morgan fingerprint density at radius 2 is 1.83 bits per heavy atom. The van der Waals surface area contributed by atoms with E-state index in [0.29, 0.717) is 23.8 Å². The Morgan fingerprint density at radius 1 is 1.17 bits per heavy atom. The Labute approximate surface area is 244 Å². The molecule has 5 aliphatic rings. The number of benzene rings is 1. The molecule has 11 heteroatoms. The first-order chi connectivity index (χ1) is 19.8. The van der Waals surface area contributed by atoms with Gasteiger partial charge < -0.3 is 30.9 Å². The molecule has 4 atom stereocenters. The molecule has 6 rings (SSSR count). The SMILES string of the molecule is CCN(Cc1cc(O)c2c(c1OC)C[C@H]1C[C@H]3[C@H](N(C)C)C(O)=C(C(N)=O)C(=O)[C@@]3(O)C(O)=C1C2=O)C1(C2CC2)CC1. The molecule has 226 valence electrons. The van der Waals surface area contributed by atoms with Gasteiger partial charge in [0.25, 0.3) is 5.91 Å². The van der Waals surface area contributed by atoms with Crippen molar-refractivity contribution in [2.45, 2.75) is 69.2 Å². The van der Waals surface area contributed by atoms with Gasteiger partial charge in [-0.15, -0.1) is 0 Å². The largest absolute Gasteiger partial charge is 0.510 e. The van der Waals surface area contributed by atoms with Crippen LogP contribution in [0.25, 0.3) is 0 Å². The number of carbonyl (C=O) groups is 3. The van der Waals surface area contributed by atoms with Crippen molar-refractivity contribution in [2.75, 3.05) is 27.7 Å². The van der Waals surface area contributed by atoms with E-state index < -0.39 is 58.0 Å². The normalized spacial score (nSPS) is 29.9. The molecule has 0 heterocycles. The van der Waals surface area contributed by atoms with Gasteiger partial charge in [-0.25, -0.2) is 0 Å². The third-order valence-electron chi connectivity index (χ3n) is 10.4. The molecule has 1 amide bonds. The third-order valence-corrected chi connectivity index (χ3v) is 10.4. The van der Waals surface area contributed by atoms with Crippen molar-refractivity contribution < 1.29 is 39.5 Å². The van der Waals surface area contributed by atoms with Crippen molar-refractivity contribution in [3.63, 3.8) is 0 Å². The molecule has 0 aliphatic heterocycles. The minimum atomic E-state index is -2.66. The van der Waals surface area contributed by atoms with Gasteiger partial charge in [0.2, 0.25) is 5.78 Å². The van der Waals surface area contributed by atoms with E-state index in [0.717, 1.165) is 24.9 Å². The van der Waals surface area contributed by atoms with E-state index in [4.69, 9.17) is 10.5 Å². The van der Waals surface area contributed by atoms with E-state index in [9.17, 15) is 34.8 Å². The number of ketones is 2. The van der Waals surface area contributed by atoms with Gasteiger partial charge in [0.15, 0.2) is 11.4 Å². The number of nitrogens with two attached hydrogens (primary N) is 1. The lowest BCUT2D eigenvalue weighted by molar-refractivity contribution is -0.148. The fourth-order valence-electron chi connectivity index (χ4n) is 8.26. The molecule has 0 bridgehead atoms. The van der Waals surface area contributed by atoms with Crippen LogP contribution in [0.4, 0.5) is 0 Å². The summed E-state index contributed by atoms with van der Waals surface area (Å²) in [4.78, 5) is 43.6. The highest BCUT2D eigenvalue weighted by Gasteiger charge is 2.63. The number of likely N-dealkylation sites (N-methyl/N-ethyl adjacent to an activating group) is 1. The Morgan fingerprint density at radius 3 is 2.36 bits per heavy atom. The van der Waals surface area contributed by atoms with Crippen LogP contribution in [0.3, 0.4) is 0 Å². The molecule has 2 fully saturated rings. The predicted octanol–water partition coefficient (Wildman–Crippen LogP) is 1.89. The van der Waals surface area contributed by atoms with Gasteiger partial charge in [-0.3, -0.25) is 24.2 Å². The Hall–Kier alpha value is -3.41. The maximum Gasteiger partial charge on any atom is 0.255 e. The average Bonchev–Trinajstić information content (AvgIpc) is 3.83. The number of aromatic hydroxyl groups is 1. The second-order valence-corrected chi connectivity index (χ2v) is 12.8. The van der Waals surface area contributed by atoms with Gasteiger partial charge >= 0.3 is 0 Å². The van der Waals surface area contributed by atoms with Crippen molar-refractivity contribution in [2.24, 2.45) is 23.5 Å². The zero-order chi connectivity index (χ0) is 30.5. The van der Waals surface area contributed by atoms with Gasteiger partial charge in [-0.05, 0) is 77.1 Å². The third kappa shape index (κ3) is 3.79. The number of hydrogen-bond donors (Lipinski definition) is 5. The average molecular weight is 582 g/mol. The second kappa shape index (κ2) is 9.55. The van der Waals surface area contributed by atoms with Crippen LogP contribution in [0.5, 0.6) is 11.5 Å². The summed E-state index contributed by atoms with van der Waals surface area (Å²) in [6, 6.07) is 0.506. The highest BCUT2D eigenvalue weighted by molar-refractivity contribution is 6.24. The number of ether oxygens (including phenoxy) is 1. The molecule has 5 aliphatic carbocycles. The van der Waals surface area contributed by atoms with Crippen LogP contribution in [0, 0.1) is 17.8 Å². The highest BCUT2D eigenvalue weighted by Crippen LogP contribution is 2.58. The number of fused-ring (bicyclic) bond motifs is 3. The lowest BCUT2D eigenvalue weighted by Gasteiger charge is -2.50. The molecular formula is C31H39N3O8. The van der Waals surface area contributed by atoms with Gasteiger partial charge in [0.1, 0.15) is 28.6 Å². The summed E-state index contributed by atoms with van der Waals surface area (Å²) in [5, 5.41) is 45.4. The highest BCUT2D eigenvalue weighted by atomic mass is 16.5. The number of allylic oxidation sites excluding steroid dienone is 1. The minimum Gasteiger partial charge on any atom is -0.510 e. The molecule has 6 N–H and O–H groups in total. The number of phenolic OH excluding ortho intramolecular Hbond substituents is 1. The van der Waals surface area contributed by atoms with Gasteiger partial charge in [0.05, 0.1) is 18.7 Å². The number of rotatable bonds is 8. The number of phenols is 1. The summed E-state index contributed by atoms with van der Waals surface area (Å²) >= 11 is 0. The van der Waals surface area contributed by atoms with Gasteiger partial charge in [-0.1, -0.05) is 6.92 Å². The van der Waals surface area contributed by atoms with Crippen LogP contribution in [0.2, 0.25) is 0 Å². The first-order valence-corrected chi connectivity index (χ1v) is 14.6. The van der Waals surface area contributed by atoms with E-state index >= 15 is 0 Å². The van der Waals surface area contributed by atoms with Crippen LogP contribution in [-0.4, -0.2) is 92.6 Å². The van der Waals surface area contributed by atoms with E-state index in [1.807, 2.05) is 0 Å². The number of aliphatic hydroxyl groups excluding tert-OH is 2. The summed E-state index contributed by atoms with van der Waals surface area (Å²) < 4.78 is 5.89. The van der Waals surface area contributed by atoms with E-state index in [2.05, 4.69) is 11.8 Å². The molecule has 0 spiro atoms. The number of primary amides is 1. The predicted molar refractivity (Wildman–Crippen MR) is 151 cm³/mol. The number of hydrogen-bond acceptors (Lipinski definition) is 10. The second-order valence-electron chi connectivity index (χ2n) is 12.8. The smallest absolute Gasteiger partial charge is 0.255 e. The zero-order valence-electron chi connectivity index (χ0n) is 24.4. The first kappa shape index (κ1) is 28.7. The van der Waals surface area contributed by atoms with E-state index in [1.54, 1.807) is 20.2 Å². The number of nitrogens with zero attached hydrogens (tertiary/aromatic N) is 2. The molecule has 0 aromatic heterocycles. The molecule has 42 heavy (non-hydrogen) atoms. The summed E-state index contributed by atoms with van der Waals surface area (Å²) in [5.74, 6) is -5.47. The van der Waals surface area contributed by atoms with Crippen molar-refractivity contribution in [1.29, 1.82) is 0 Å². The topological polar surface area (TPSA) is 174 Å². The zero-order valence-corrected chi connectivity index (χ0v) is 24.4. The number of Topliss-reactive ketones (excluding diaryl/α,β-unsaturated/α-hetero) is 2. The lowest BCUT2D eigenvalue weighted by Crippen LogP contribution is -2.63. The molecule has 0 radical (unpaired) electrons. The summed E-state index contributed by atoms with van der Waals surface area (Å²) in [6.45, 7) is 3.52. The van der Waals surface area contributed by atoms with Crippen molar-refractivity contribution in [3.05, 3.63) is 45.4 Å². The fraction of sp³-hybridized carbons (Fsp3) is 0.581. The Balaban J connectivity index is 1.45. The van der Waals surface area contributed by atoms with Gasteiger partial charge in [0, 0.05) is 34.7 Å². The lowest BCUT2D eigenvalue weighted by atomic mass is 9.58. The molecule has 1 aromatic rings. The molecular weight excluding hydrogens is 542 g/mol. The first-order valence-electron chi connectivity index (χ1n) is 14.6. The van der Waals surface area contributed by atoms with Crippen LogP contribution in [0.15, 0.2) is 28.7 Å². The van der Waals surface area contributed by atoms with E-state index in [-0.39, 0.29) is 35.3 Å². The summed E-state index contributed by atoms with van der Waals surface area (Å²) in [6.07, 6.45) is 4.98. The number of methoxy groups -OCH3 is 1. The van der Waals surface area contributed by atoms with Crippen LogP contribution >= 0.6 is 0 Å². The maximum absolute atomic E-state index is 14.0. The van der Waals surface area contributed by atoms with Crippen molar-refractivity contribution in [1.82, 2.24) is 9.80 Å². The van der Waals surface area contributed by atoms with Crippen molar-refractivity contribution in [3.8, 4) is 11.5 Å².